The van der Waals surface area contributed by atoms with Crippen molar-refractivity contribution in [3.63, 3.8) is 0 Å². The first-order chi connectivity index (χ1) is 15.8. The number of carbonyl (C=O) groups is 1. The Kier molecular flexibility index (Phi) is 8.49. The molecule has 0 atom stereocenters. The maximum absolute atomic E-state index is 13.3. The second-order valence-corrected chi connectivity index (χ2v) is 9.98. The van der Waals surface area contributed by atoms with Crippen LogP contribution in [0.2, 0.25) is 0 Å². The van der Waals surface area contributed by atoms with Crippen molar-refractivity contribution in [1.82, 2.24) is 9.62 Å². The van der Waals surface area contributed by atoms with E-state index in [1.165, 1.54) is 30.7 Å². The Labute approximate surface area is 202 Å². The molecule has 33 heavy (non-hydrogen) atoms. The molecule has 0 spiro atoms. The molecule has 0 bridgehead atoms. The fourth-order valence-electron chi connectivity index (χ4n) is 3.27. The molecule has 0 aliphatic heterocycles. The zero-order valence-corrected chi connectivity index (χ0v) is 20.7. The van der Waals surface area contributed by atoms with E-state index in [1.54, 1.807) is 36.4 Å². The fourth-order valence-corrected chi connectivity index (χ4v) is 4.94. The molecular formula is C24H25BrN2O5S. The first-order valence-electron chi connectivity index (χ1n) is 10.1. The van der Waals surface area contributed by atoms with Gasteiger partial charge in [-0.3, -0.25) is 4.79 Å². The summed E-state index contributed by atoms with van der Waals surface area (Å²) in [5.41, 5.74) is 1.43. The number of nitrogens with one attached hydrogen (secondary N) is 1. The number of hydrogen-bond donors (Lipinski definition) is 1. The van der Waals surface area contributed by atoms with Crippen molar-refractivity contribution < 1.29 is 22.7 Å². The molecule has 0 aliphatic carbocycles. The molecule has 174 valence electrons. The zero-order chi connectivity index (χ0) is 23.8. The number of methoxy groups -OCH3 is 2. The summed E-state index contributed by atoms with van der Waals surface area (Å²) < 4.78 is 39.4. The maximum Gasteiger partial charge on any atom is 0.243 e. The van der Waals surface area contributed by atoms with Crippen LogP contribution >= 0.6 is 15.9 Å². The molecule has 0 saturated carbocycles. The minimum Gasteiger partial charge on any atom is -0.496 e. The van der Waals surface area contributed by atoms with Gasteiger partial charge in [0.25, 0.3) is 0 Å². The van der Waals surface area contributed by atoms with Gasteiger partial charge in [0.1, 0.15) is 11.5 Å². The van der Waals surface area contributed by atoms with E-state index in [4.69, 9.17) is 9.47 Å². The Bertz CT molecular complexity index is 1160. The molecule has 0 saturated heterocycles. The number of halogens is 1. The van der Waals surface area contributed by atoms with E-state index < -0.39 is 15.9 Å². The molecule has 0 aliphatic rings. The SMILES string of the molecule is COc1cccc(OC)c1CNC(=O)CN(Cc1ccc(Br)cc1)S(=O)(=O)c1ccccc1. The lowest BCUT2D eigenvalue weighted by atomic mass is 10.1. The van der Waals surface area contributed by atoms with Crippen LogP contribution in [0.1, 0.15) is 11.1 Å². The molecule has 0 heterocycles. The lowest BCUT2D eigenvalue weighted by Gasteiger charge is -2.22. The minimum absolute atomic E-state index is 0.0515. The van der Waals surface area contributed by atoms with Crippen molar-refractivity contribution >= 4 is 31.9 Å². The van der Waals surface area contributed by atoms with Gasteiger partial charge in [-0.1, -0.05) is 52.3 Å². The lowest BCUT2D eigenvalue weighted by Crippen LogP contribution is -2.40. The quantitative estimate of drug-likeness (QED) is 0.427. The van der Waals surface area contributed by atoms with Gasteiger partial charge in [0.05, 0.1) is 37.8 Å². The smallest absolute Gasteiger partial charge is 0.243 e. The molecule has 3 aromatic carbocycles. The topological polar surface area (TPSA) is 84.9 Å². The van der Waals surface area contributed by atoms with Gasteiger partial charge in [-0.15, -0.1) is 0 Å². The van der Waals surface area contributed by atoms with Crippen LogP contribution < -0.4 is 14.8 Å². The lowest BCUT2D eigenvalue weighted by molar-refractivity contribution is -0.121. The van der Waals surface area contributed by atoms with Crippen LogP contribution in [0.4, 0.5) is 0 Å². The van der Waals surface area contributed by atoms with Gasteiger partial charge >= 0.3 is 0 Å². The third-order valence-electron chi connectivity index (χ3n) is 4.97. The molecule has 0 aromatic heterocycles. The monoisotopic (exact) mass is 532 g/mol. The van der Waals surface area contributed by atoms with Crippen molar-refractivity contribution in [3.05, 3.63) is 88.4 Å². The second kappa shape index (κ2) is 11.3. The van der Waals surface area contributed by atoms with Gasteiger partial charge in [-0.25, -0.2) is 8.42 Å². The Morgan fingerprint density at radius 2 is 1.52 bits per heavy atom. The van der Waals surface area contributed by atoms with E-state index >= 15 is 0 Å². The molecule has 3 aromatic rings. The highest BCUT2D eigenvalue weighted by Gasteiger charge is 2.27. The van der Waals surface area contributed by atoms with Crippen molar-refractivity contribution in [2.24, 2.45) is 0 Å². The largest absolute Gasteiger partial charge is 0.496 e. The van der Waals surface area contributed by atoms with E-state index in [1.807, 2.05) is 24.3 Å². The van der Waals surface area contributed by atoms with E-state index in [0.717, 1.165) is 10.0 Å². The summed E-state index contributed by atoms with van der Waals surface area (Å²) in [5.74, 6) is 0.691. The predicted octanol–water partition coefficient (Wildman–Crippen LogP) is 3.97. The molecule has 0 unspecified atom stereocenters. The van der Waals surface area contributed by atoms with Crippen molar-refractivity contribution in [3.8, 4) is 11.5 Å². The van der Waals surface area contributed by atoms with Gasteiger partial charge in [-0.2, -0.15) is 4.31 Å². The minimum atomic E-state index is -3.90. The number of rotatable bonds is 10. The highest BCUT2D eigenvalue weighted by atomic mass is 79.9. The number of amides is 1. The fraction of sp³-hybridized carbons (Fsp3) is 0.208. The van der Waals surface area contributed by atoms with E-state index in [9.17, 15) is 13.2 Å². The maximum atomic E-state index is 13.3. The summed E-state index contributed by atoms with van der Waals surface area (Å²) in [7, 11) is -0.833. The van der Waals surface area contributed by atoms with E-state index in [-0.39, 0.29) is 24.5 Å². The Morgan fingerprint density at radius 3 is 2.09 bits per heavy atom. The average Bonchev–Trinajstić information content (AvgIpc) is 2.83. The number of benzene rings is 3. The van der Waals surface area contributed by atoms with Crippen LogP contribution in [-0.2, 0) is 27.9 Å². The second-order valence-electron chi connectivity index (χ2n) is 7.13. The van der Waals surface area contributed by atoms with Crippen LogP contribution in [0.15, 0.2) is 82.2 Å². The first-order valence-corrected chi connectivity index (χ1v) is 12.3. The van der Waals surface area contributed by atoms with Crippen molar-refractivity contribution in [2.75, 3.05) is 20.8 Å². The van der Waals surface area contributed by atoms with Crippen molar-refractivity contribution in [2.45, 2.75) is 18.0 Å². The summed E-state index contributed by atoms with van der Waals surface area (Å²) in [5, 5.41) is 2.78. The summed E-state index contributed by atoms with van der Waals surface area (Å²) in [4.78, 5) is 13.0. The summed E-state index contributed by atoms with van der Waals surface area (Å²) >= 11 is 3.38. The van der Waals surface area contributed by atoms with Gasteiger partial charge in [-0.05, 0) is 42.0 Å². The van der Waals surface area contributed by atoms with Gasteiger partial charge in [0.2, 0.25) is 15.9 Å². The molecule has 7 nitrogen and oxygen atoms in total. The van der Waals surface area contributed by atoms with Crippen LogP contribution in [-0.4, -0.2) is 39.4 Å². The number of nitrogens with zero attached hydrogens (tertiary/aromatic N) is 1. The number of carbonyl (C=O) groups excluding carboxylic acids is 1. The zero-order valence-electron chi connectivity index (χ0n) is 18.3. The Balaban J connectivity index is 1.81. The summed E-state index contributed by atoms with van der Waals surface area (Å²) in [6.07, 6.45) is 0. The molecule has 3 rings (SSSR count). The first kappa shape index (κ1) is 24.8. The molecule has 1 amide bonds. The van der Waals surface area contributed by atoms with E-state index in [0.29, 0.717) is 17.1 Å². The molecule has 0 radical (unpaired) electrons. The van der Waals surface area contributed by atoms with E-state index in [2.05, 4.69) is 21.2 Å². The highest BCUT2D eigenvalue weighted by molar-refractivity contribution is 9.10. The van der Waals surface area contributed by atoms with Gasteiger partial charge in [0.15, 0.2) is 0 Å². The summed E-state index contributed by atoms with van der Waals surface area (Å²) in [6, 6.07) is 20.7. The Morgan fingerprint density at radius 1 is 0.909 bits per heavy atom. The molecule has 1 N–H and O–H groups in total. The van der Waals surface area contributed by atoms with Crippen LogP contribution in [0, 0.1) is 0 Å². The number of hydrogen-bond acceptors (Lipinski definition) is 5. The van der Waals surface area contributed by atoms with Crippen molar-refractivity contribution in [1.29, 1.82) is 0 Å². The van der Waals surface area contributed by atoms with Gasteiger partial charge in [0, 0.05) is 11.0 Å². The standard InChI is InChI=1S/C24H25BrN2O5S/c1-31-22-9-6-10-23(32-2)21(22)15-26-24(28)17-27(16-18-11-13-19(25)14-12-18)33(29,30)20-7-4-3-5-8-20/h3-14H,15-17H2,1-2H3,(H,26,28). The molecule has 0 fully saturated rings. The van der Waals surface area contributed by atoms with Gasteiger partial charge < -0.3 is 14.8 Å². The summed E-state index contributed by atoms with van der Waals surface area (Å²) in [6.45, 7) is -0.163. The third-order valence-corrected chi connectivity index (χ3v) is 7.30. The number of ether oxygens (including phenoxy) is 2. The highest BCUT2D eigenvalue weighted by Crippen LogP contribution is 2.28. The molecule has 9 heteroatoms. The normalized spacial score (nSPS) is 11.3. The van der Waals surface area contributed by atoms with Crippen LogP contribution in [0.5, 0.6) is 11.5 Å². The Hall–Kier alpha value is -2.88. The molecular weight excluding hydrogens is 508 g/mol. The van der Waals surface area contributed by atoms with Crippen LogP contribution in [0.25, 0.3) is 0 Å². The average molecular weight is 533 g/mol. The van der Waals surface area contributed by atoms with Crippen LogP contribution in [0.3, 0.4) is 0 Å². The predicted molar refractivity (Wildman–Crippen MR) is 130 cm³/mol. The third kappa shape index (κ3) is 6.34. The number of sulfonamides is 1.